The van der Waals surface area contributed by atoms with Gasteiger partial charge in [0.05, 0.1) is 19.0 Å². The number of pyridine rings is 1. The molecule has 1 N–H and O–H groups in total. The van der Waals surface area contributed by atoms with Gasteiger partial charge in [0.2, 0.25) is 5.91 Å². The molecule has 2 amide bonds. The molecule has 1 saturated carbocycles. The Labute approximate surface area is 145 Å². The molecule has 2 aromatic rings. The zero-order chi connectivity index (χ0) is 17.2. The Morgan fingerprint density at radius 2 is 2.16 bits per heavy atom. The van der Waals surface area contributed by atoms with Gasteiger partial charge in [0.15, 0.2) is 5.76 Å². The van der Waals surface area contributed by atoms with E-state index in [2.05, 4.69) is 10.3 Å². The first kappa shape index (κ1) is 15.7. The molecule has 2 aromatic heterocycles. The lowest BCUT2D eigenvalue weighted by Gasteiger charge is -2.22. The molecule has 0 bridgehead atoms. The van der Waals surface area contributed by atoms with Crippen LogP contribution >= 0.6 is 0 Å². The van der Waals surface area contributed by atoms with Gasteiger partial charge in [-0.1, -0.05) is 0 Å². The van der Waals surface area contributed by atoms with E-state index in [4.69, 9.17) is 9.15 Å². The first-order chi connectivity index (χ1) is 12.2. The van der Waals surface area contributed by atoms with Crippen LogP contribution in [0, 0.1) is 0 Å². The number of rotatable bonds is 5. The minimum atomic E-state index is -0.556. The molecule has 3 heterocycles. The SMILES string of the molecule is O=C(NC1CC1)[C@@H]1C[C@H](Oc2cccnc2)CN1C(=O)c1ccco1. The second-order valence-electron chi connectivity index (χ2n) is 6.40. The van der Waals surface area contributed by atoms with Gasteiger partial charge in [-0.25, -0.2) is 0 Å². The standard InChI is InChI=1S/C18H19N3O4/c22-17(20-12-5-6-12)15-9-14(25-13-3-1-7-19-10-13)11-21(15)18(23)16-4-2-8-24-16/h1-4,7-8,10,12,14-15H,5-6,9,11H2,(H,20,22)/t14-,15-/m0/s1. The summed E-state index contributed by atoms with van der Waals surface area (Å²) in [6.07, 6.45) is 6.92. The maximum Gasteiger partial charge on any atom is 0.290 e. The third-order valence-corrected chi connectivity index (χ3v) is 4.42. The average Bonchev–Trinajstić information content (AvgIpc) is 3.12. The summed E-state index contributed by atoms with van der Waals surface area (Å²) in [7, 11) is 0. The number of furan rings is 1. The van der Waals surface area contributed by atoms with Crippen LogP contribution in [0.5, 0.6) is 5.75 Å². The lowest BCUT2D eigenvalue weighted by atomic mass is 10.1. The molecule has 1 aliphatic heterocycles. The van der Waals surface area contributed by atoms with E-state index in [1.165, 1.54) is 11.2 Å². The number of amides is 2. The van der Waals surface area contributed by atoms with Gasteiger partial charge in [-0.05, 0) is 37.1 Å². The molecule has 25 heavy (non-hydrogen) atoms. The Bertz CT molecular complexity index is 743. The van der Waals surface area contributed by atoms with Crippen molar-refractivity contribution in [3.63, 3.8) is 0 Å². The molecule has 7 nitrogen and oxygen atoms in total. The highest BCUT2D eigenvalue weighted by Crippen LogP contribution is 2.26. The van der Waals surface area contributed by atoms with Crippen molar-refractivity contribution in [3.05, 3.63) is 48.7 Å². The minimum Gasteiger partial charge on any atom is -0.487 e. The number of carbonyl (C=O) groups is 2. The van der Waals surface area contributed by atoms with E-state index in [1.54, 1.807) is 30.6 Å². The van der Waals surface area contributed by atoms with Crippen LogP contribution in [0.2, 0.25) is 0 Å². The molecule has 130 valence electrons. The molecule has 0 aromatic carbocycles. The summed E-state index contributed by atoms with van der Waals surface area (Å²) < 4.78 is 11.1. The van der Waals surface area contributed by atoms with Crippen LogP contribution in [0.15, 0.2) is 47.3 Å². The van der Waals surface area contributed by atoms with Gasteiger partial charge >= 0.3 is 0 Å². The molecular weight excluding hydrogens is 322 g/mol. The third-order valence-electron chi connectivity index (χ3n) is 4.42. The molecule has 0 unspecified atom stereocenters. The van der Waals surface area contributed by atoms with Crippen molar-refractivity contribution in [1.29, 1.82) is 0 Å². The van der Waals surface area contributed by atoms with Crippen LogP contribution < -0.4 is 10.1 Å². The smallest absolute Gasteiger partial charge is 0.290 e. The van der Waals surface area contributed by atoms with Crippen LogP contribution in [0.4, 0.5) is 0 Å². The highest BCUT2D eigenvalue weighted by molar-refractivity contribution is 5.96. The zero-order valence-electron chi connectivity index (χ0n) is 13.6. The number of nitrogens with one attached hydrogen (secondary N) is 1. The molecule has 0 spiro atoms. The van der Waals surface area contributed by atoms with E-state index in [9.17, 15) is 9.59 Å². The average molecular weight is 341 g/mol. The Morgan fingerprint density at radius 3 is 2.84 bits per heavy atom. The summed E-state index contributed by atoms with van der Waals surface area (Å²) in [5, 5.41) is 2.98. The first-order valence-electron chi connectivity index (χ1n) is 8.42. The van der Waals surface area contributed by atoms with E-state index in [-0.39, 0.29) is 29.7 Å². The van der Waals surface area contributed by atoms with Gasteiger partial charge in [-0.15, -0.1) is 0 Å². The lowest BCUT2D eigenvalue weighted by Crippen LogP contribution is -2.46. The van der Waals surface area contributed by atoms with Crippen LogP contribution in [0.1, 0.15) is 29.8 Å². The molecule has 7 heteroatoms. The summed E-state index contributed by atoms with van der Waals surface area (Å²) in [5.74, 6) is 0.435. The Balaban J connectivity index is 1.51. The molecule has 2 aliphatic rings. The second kappa shape index (κ2) is 6.58. The second-order valence-corrected chi connectivity index (χ2v) is 6.40. The fraction of sp³-hybridized carbons (Fsp3) is 0.389. The predicted octanol–water partition coefficient (Wildman–Crippen LogP) is 1.62. The summed E-state index contributed by atoms with van der Waals surface area (Å²) in [6, 6.07) is 6.54. The van der Waals surface area contributed by atoms with Gasteiger partial charge in [0.25, 0.3) is 5.91 Å². The Hall–Kier alpha value is -2.83. The zero-order valence-corrected chi connectivity index (χ0v) is 13.6. The van der Waals surface area contributed by atoms with E-state index in [1.807, 2.05) is 6.07 Å². The number of carbonyl (C=O) groups excluding carboxylic acids is 2. The molecule has 1 saturated heterocycles. The first-order valence-corrected chi connectivity index (χ1v) is 8.42. The number of hydrogen-bond donors (Lipinski definition) is 1. The third kappa shape index (κ3) is 3.50. The predicted molar refractivity (Wildman–Crippen MR) is 88.0 cm³/mol. The molecule has 1 aliphatic carbocycles. The highest BCUT2D eigenvalue weighted by atomic mass is 16.5. The van der Waals surface area contributed by atoms with Crippen molar-refractivity contribution in [1.82, 2.24) is 15.2 Å². The van der Waals surface area contributed by atoms with Gasteiger partial charge < -0.3 is 19.4 Å². The van der Waals surface area contributed by atoms with E-state index in [0.717, 1.165) is 12.8 Å². The Morgan fingerprint density at radius 1 is 1.28 bits per heavy atom. The van der Waals surface area contributed by atoms with Crippen molar-refractivity contribution >= 4 is 11.8 Å². The topological polar surface area (TPSA) is 84.7 Å². The maximum atomic E-state index is 12.7. The largest absolute Gasteiger partial charge is 0.487 e. The van der Waals surface area contributed by atoms with Crippen LogP contribution in [0.25, 0.3) is 0 Å². The number of ether oxygens (including phenoxy) is 1. The quantitative estimate of drug-likeness (QED) is 0.893. The van der Waals surface area contributed by atoms with Crippen LogP contribution in [-0.2, 0) is 4.79 Å². The molecule has 2 fully saturated rings. The normalized spacial score (nSPS) is 22.6. The minimum absolute atomic E-state index is 0.125. The van der Waals surface area contributed by atoms with Crippen molar-refractivity contribution in [2.24, 2.45) is 0 Å². The van der Waals surface area contributed by atoms with Crippen molar-refractivity contribution in [2.45, 2.75) is 37.5 Å². The van der Waals surface area contributed by atoms with Gasteiger partial charge in [0.1, 0.15) is 17.9 Å². The molecule has 2 atom stereocenters. The highest BCUT2D eigenvalue weighted by Gasteiger charge is 2.42. The number of likely N-dealkylation sites (tertiary alicyclic amines) is 1. The van der Waals surface area contributed by atoms with E-state index >= 15 is 0 Å². The summed E-state index contributed by atoms with van der Waals surface area (Å²) >= 11 is 0. The van der Waals surface area contributed by atoms with Crippen molar-refractivity contribution in [3.8, 4) is 5.75 Å². The molecule has 4 rings (SSSR count). The van der Waals surface area contributed by atoms with Crippen molar-refractivity contribution in [2.75, 3.05) is 6.54 Å². The van der Waals surface area contributed by atoms with Crippen molar-refractivity contribution < 1.29 is 18.7 Å². The summed E-state index contributed by atoms with van der Waals surface area (Å²) in [6.45, 7) is 0.331. The summed E-state index contributed by atoms with van der Waals surface area (Å²) in [5.41, 5.74) is 0. The van der Waals surface area contributed by atoms with Gasteiger partial charge in [0, 0.05) is 18.7 Å². The monoisotopic (exact) mass is 341 g/mol. The fourth-order valence-corrected chi connectivity index (χ4v) is 3.03. The number of nitrogens with zero attached hydrogens (tertiary/aromatic N) is 2. The summed E-state index contributed by atoms with van der Waals surface area (Å²) in [4.78, 5) is 30.8. The lowest BCUT2D eigenvalue weighted by molar-refractivity contribution is -0.125. The number of aromatic nitrogens is 1. The van der Waals surface area contributed by atoms with Crippen LogP contribution in [0.3, 0.4) is 0 Å². The molecule has 0 radical (unpaired) electrons. The van der Waals surface area contributed by atoms with Gasteiger partial charge in [-0.2, -0.15) is 0 Å². The van der Waals surface area contributed by atoms with Crippen LogP contribution in [-0.4, -0.2) is 46.4 Å². The maximum absolute atomic E-state index is 12.7. The molecular formula is C18H19N3O4. The Kier molecular flexibility index (Phi) is 4.13. The number of hydrogen-bond acceptors (Lipinski definition) is 5. The van der Waals surface area contributed by atoms with Gasteiger partial charge in [-0.3, -0.25) is 14.6 Å². The van der Waals surface area contributed by atoms with E-state index < -0.39 is 6.04 Å². The van der Waals surface area contributed by atoms with E-state index in [0.29, 0.717) is 18.7 Å². The fourth-order valence-electron chi connectivity index (χ4n) is 3.03.